The largest absolute Gasteiger partial charge is 0.743 e. The number of benzene rings is 2. The predicted molar refractivity (Wildman–Crippen MR) is 131 cm³/mol. The highest BCUT2D eigenvalue weighted by molar-refractivity contribution is 7.96. The van der Waals surface area contributed by atoms with Crippen LogP contribution in [0.4, 0.5) is 39.5 Å². The molecule has 232 valence electrons. The van der Waals surface area contributed by atoms with E-state index < -0.39 is 33.4 Å². The van der Waals surface area contributed by atoms with Gasteiger partial charge in [-0.05, 0) is 49.7 Å². The molecule has 0 aliphatic rings. The lowest BCUT2D eigenvalue weighted by atomic mass is 10.0. The zero-order valence-corrected chi connectivity index (χ0v) is 23.5. The summed E-state index contributed by atoms with van der Waals surface area (Å²) in [5.74, 6) is -11.3. The average Bonchev–Trinajstić information content (AvgIpc) is 2.89. The molecule has 0 aliphatic heterocycles. The minimum Gasteiger partial charge on any atom is -0.743 e. The maximum absolute atomic E-state index is 12.8. The van der Waals surface area contributed by atoms with Crippen molar-refractivity contribution < 1.29 is 66.8 Å². The minimum atomic E-state index is -7.43. The molecule has 41 heavy (non-hydrogen) atoms. The van der Waals surface area contributed by atoms with Gasteiger partial charge in [0.2, 0.25) is 0 Å². The molecular formula is C24H25F9O6S2. The number of ether oxygens (including phenoxy) is 2. The van der Waals surface area contributed by atoms with Gasteiger partial charge < -0.3 is 14.0 Å². The first-order valence-electron chi connectivity index (χ1n) is 11.3. The minimum absolute atomic E-state index is 0.0343. The van der Waals surface area contributed by atoms with Crippen molar-refractivity contribution in [2.45, 2.75) is 48.4 Å². The van der Waals surface area contributed by atoms with Gasteiger partial charge in [-0.1, -0.05) is 6.92 Å². The first-order valence-corrected chi connectivity index (χ1v) is 14.3. The second-order valence-corrected chi connectivity index (χ2v) is 11.9. The van der Waals surface area contributed by atoms with Crippen molar-refractivity contribution >= 4 is 26.8 Å². The Hall–Kier alpha value is -2.66. The summed E-state index contributed by atoms with van der Waals surface area (Å²) < 4.78 is 146. The number of methoxy groups -OCH3 is 2. The number of ketones is 1. The predicted octanol–water partition coefficient (Wildman–Crippen LogP) is 6.30. The molecule has 0 spiro atoms. The van der Waals surface area contributed by atoms with E-state index in [2.05, 4.69) is 26.0 Å². The van der Waals surface area contributed by atoms with Gasteiger partial charge in [-0.15, -0.1) is 0 Å². The second-order valence-electron chi connectivity index (χ2n) is 8.02. The number of carbonyl (C=O) groups is 1. The van der Waals surface area contributed by atoms with Crippen LogP contribution >= 0.6 is 0 Å². The molecule has 0 N–H and O–H groups in total. The van der Waals surface area contributed by atoms with Gasteiger partial charge in [-0.25, -0.2) is 8.42 Å². The number of halogens is 9. The number of alkyl halides is 9. The van der Waals surface area contributed by atoms with Crippen molar-refractivity contribution in [2.75, 3.05) is 25.7 Å². The number of hydrogen-bond donors (Lipinski definition) is 0. The van der Waals surface area contributed by atoms with Gasteiger partial charge in [0.25, 0.3) is 0 Å². The van der Waals surface area contributed by atoms with Crippen molar-refractivity contribution in [1.29, 1.82) is 0 Å². The van der Waals surface area contributed by atoms with E-state index in [-0.39, 0.29) is 16.7 Å². The molecule has 1 atom stereocenters. The van der Waals surface area contributed by atoms with Crippen LogP contribution in [0.3, 0.4) is 0 Å². The molecule has 2 rings (SSSR count). The highest BCUT2D eigenvalue weighted by Crippen LogP contribution is 2.54. The average molecular weight is 645 g/mol. The number of hydrogen-bond acceptors (Lipinski definition) is 6. The Kier molecular flexibility index (Phi) is 12.0. The van der Waals surface area contributed by atoms with Crippen LogP contribution in [0.5, 0.6) is 11.5 Å². The monoisotopic (exact) mass is 644 g/mol. The quantitative estimate of drug-likeness (QED) is 0.123. The van der Waals surface area contributed by atoms with E-state index in [9.17, 15) is 57.3 Å². The van der Waals surface area contributed by atoms with Crippen LogP contribution in [0, 0.1) is 0 Å². The lowest BCUT2D eigenvalue weighted by Gasteiger charge is -2.34. The molecule has 1 unspecified atom stereocenters. The summed E-state index contributed by atoms with van der Waals surface area (Å²) in [7, 11) is -3.99. The van der Waals surface area contributed by atoms with Gasteiger partial charge in [0.05, 0.1) is 19.8 Å². The maximum Gasteiger partial charge on any atom is 0.460 e. The van der Waals surface area contributed by atoms with E-state index >= 15 is 0 Å². The SMILES string of the molecule is CCC[S+](CC)c1ccc(C(=O)c2ccc(OC)cc2OC)cc1.O=S(=O)([O-])C(F)(F)C(F)(F)C(F)(F)C(F)(F)F. The lowest BCUT2D eigenvalue weighted by molar-refractivity contribution is -0.382. The van der Waals surface area contributed by atoms with Crippen LogP contribution in [0.2, 0.25) is 0 Å². The Labute approximate surface area is 232 Å². The Morgan fingerprint density at radius 3 is 1.78 bits per heavy atom. The topological polar surface area (TPSA) is 92.7 Å². The Balaban J connectivity index is 0.000000438. The summed E-state index contributed by atoms with van der Waals surface area (Å²) >= 11 is 0. The first kappa shape index (κ1) is 36.4. The molecule has 0 saturated carbocycles. The van der Waals surface area contributed by atoms with Crippen molar-refractivity contribution in [3.63, 3.8) is 0 Å². The van der Waals surface area contributed by atoms with Crippen LogP contribution in [0.25, 0.3) is 0 Å². The van der Waals surface area contributed by atoms with Gasteiger partial charge in [0.15, 0.2) is 20.8 Å². The fourth-order valence-electron chi connectivity index (χ4n) is 3.13. The molecule has 6 nitrogen and oxygen atoms in total. The van der Waals surface area contributed by atoms with Crippen molar-refractivity contribution in [3.8, 4) is 11.5 Å². The highest BCUT2D eigenvalue weighted by atomic mass is 32.2. The van der Waals surface area contributed by atoms with Crippen LogP contribution in [0.15, 0.2) is 47.4 Å². The second kappa shape index (κ2) is 13.5. The molecule has 0 saturated heterocycles. The summed E-state index contributed by atoms with van der Waals surface area (Å²) in [5, 5.41) is -7.11. The van der Waals surface area contributed by atoms with E-state index in [1.807, 2.05) is 12.1 Å². The summed E-state index contributed by atoms with van der Waals surface area (Å²) in [5.41, 5.74) is 1.23. The zero-order chi connectivity index (χ0) is 32.0. The molecule has 0 fully saturated rings. The lowest BCUT2D eigenvalue weighted by Crippen LogP contribution is -2.63. The smallest absolute Gasteiger partial charge is 0.460 e. The molecule has 0 amide bonds. The molecule has 0 bridgehead atoms. The zero-order valence-electron chi connectivity index (χ0n) is 21.8. The van der Waals surface area contributed by atoms with E-state index in [4.69, 9.17) is 9.47 Å². The van der Waals surface area contributed by atoms with Gasteiger partial charge in [-0.3, -0.25) is 4.79 Å². The normalized spacial score (nSPS) is 13.6. The molecule has 0 radical (unpaired) electrons. The van der Waals surface area contributed by atoms with Crippen molar-refractivity contribution in [1.82, 2.24) is 0 Å². The van der Waals surface area contributed by atoms with Crippen LogP contribution in [0.1, 0.15) is 36.2 Å². The van der Waals surface area contributed by atoms with Crippen molar-refractivity contribution in [2.24, 2.45) is 0 Å². The summed E-state index contributed by atoms with van der Waals surface area (Å²) in [4.78, 5) is 14.1. The highest BCUT2D eigenvalue weighted by Gasteiger charge is 2.83. The van der Waals surface area contributed by atoms with E-state index in [1.165, 1.54) is 17.1 Å². The maximum atomic E-state index is 12.8. The first-order chi connectivity index (χ1) is 18.6. The molecule has 17 heteroatoms. The third kappa shape index (κ3) is 7.80. The van der Waals surface area contributed by atoms with E-state index in [0.717, 1.165) is 5.75 Å². The Morgan fingerprint density at radius 1 is 0.854 bits per heavy atom. The Morgan fingerprint density at radius 2 is 1.39 bits per heavy atom. The molecule has 0 heterocycles. The summed E-state index contributed by atoms with van der Waals surface area (Å²) in [6, 6.07) is 13.3. The molecule has 2 aromatic carbocycles. The van der Waals surface area contributed by atoms with E-state index in [0.29, 0.717) is 22.6 Å². The van der Waals surface area contributed by atoms with Crippen LogP contribution in [-0.4, -0.2) is 67.8 Å². The van der Waals surface area contributed by atoms with Gasteiger partial charge in [0, 0.05) is 22.5 Å². The summed E-state index contributed by atoms with van der Waals surface area (Å²) in [6.07, 6.45) is -5.98. The van der Waals surface area contributed by atoms with Gasteiger partial charge in [0.1, 0.15) is 23.0 Å². The molecule has 0 aliphatic carbocycles. The molecular weight excluding hydrogens is 619 g/mol. The molecule has 2 aromatic rings. The van der Waals surface area contributed by atoms with Crippen LogP contribution in [-0.2, 0) is 21.0 Å². The Bertz CT molecular complexity index is 1280. The summed E-state index contributed by atoms with van der Waals surface area (Å²) in [6.45, 7) is 4.43. The third-order valence-corrected chi connectivity index (χ3v) is 8.75. The molecule has 0 aromatic heterocycles. The fraction of sp³-hybridized carbons (Fsp3) is 0.458. The number of rotatable bonds is 11. The fourth-order valence-corrected chi connectivity index (χ4v) is 5.45. The van der Waals surface area contributed by atoms with Crippen molar-refractivity contribution in [3.05, 3.63) is 53.6 Å². The van der Waals surface area contributed by atoms with E-state index in [1.54, 1.807) is 32.4 Å². The number of carbonyl (C=O) groups excluding carboxylic acids is 1. The van der Waals surface area contributed by atoms with Gasteiger partial charge in [-0.2, -0.15) is 39.5 Å². The van der Waals surface area contributed by atoms with Crippen LogP contribution < -0.4 is 9.47 Å². The van der Waals surface area contributed by atoms with Gasteiger partial charge >= 0.3 is 23.3 Å². The standard InChI is InChI=1S/C20H25O3S.C4HF9O3S/c1-5-13-24(6-2)17-10-7-15(8-11-17)20(21)18-12-9-16(22-3)14-19(18)23-4;5-1(6,3(9,10)11)2(7,8)4(12,13)17(14,15)16/h7-12,14H,5-6,13H2,1-4H3;(H,14,15,16)/q+1;/p-1. The third-order valence-electron chi connectivity index (χ3n) is 5.33.